The number of nitrogens with one attached hydrogen (secondary N) is 1. The summed E-state index contributed by atoms with van der Waals surface area (Å²) in [6.07, 6.45) is -5.99. The predicted molar refractivity (Wildman–Crippen MR) is 119 cm³/mol. The van der Waals surface area contributed by atoms with Crippen molar-refractivity contribution in [3.8, 4) is 17.2 Å². The van der Waals surface area contributed by atoms with Gasteiger partial charge in [-0.1, -0.05) is 11.6 Å². The molecule has 9 nitrogen and oxygen atoms in total. The summed E-state index contributed by atoms with van der Waals surface area (Å²) in [6, 6.07) is 4.89. The van der Waals surface area contributed by atoms with Crippen molar-refractivity contribution in [1.29, 1.82) is 0 Å². The first-order valence-corrected chi connectivity index (χ1v) is 10.8. The van der Waals surface area contributed by atoms with E-state index in [0.29, 0.717) is 0 Å². The third-order valence-electron chi connectivity index (χ3n) is 5.37. The Balaban J connectivity index is 1.87. The molecule has 0 bridgehead atoms. The number of ether oxygens (including phenoxy) is 3. The highest BCUT2D eigenvalue weighted by molar-refractivity contribution is 6.31. The molecule has 1 aromatic carbocycles. The summed E-state index contributed by atoms with van der Waals surface area (Å²) in [4.78, 5) is 16.3. The molecule has 3 rings (SSSR count). The molecule has 1 amide bonds. The van der Waals surface area contributed by atoms with Crippen LogP contribution in [0.4, 0.5) is 13.2 Å². The Morgan fingerprint density at radius 2 is 2.06 bits per heavy atom. The van der Waals surface area contributed by atoms with Crippen LogP contribution in [-0.2, 0) is 11.1 Å². The summed E-state index contributed by atoms with van der Waals surface area (Å²) in [5, 5.41) is 21.7. The van der Waals surface area contributed by atoms with Gasteiger partial charge in [0.25, 0.3) is 5.91 Å². The second-order valence-electron chi connectivity index (χ2n) is 8.45. The summed E-state index contributed by atoms with van der Waals surface area (Å²) >= 11 is 6.01. The van der Waals surface area contributed by atoms with Crippen molar-refractivity contribution < 1.29 is 42.4 Å². The number of aromatic nitrogens is 1. The lowest BCUT2D eigenvalue weighted by molar-refractivity contribution is -0.265. The third-order valence-corrected chi connectivity index (χ3v) is 5.62. The van der Waals surface area contributed by atoms with Gasteiger partial charge in [-0.2, -0.15) is 13.2 Å². The number of nitrogens with zero attached hydrogens (tertiary/aromatic N) is 1. The zero-order valence-electron chi connectivity index (χ0n) is 19.1. The second-order valence-corrected chi connectivity index (χ2v) is 8.81. The lowest BCUT2D eigenvalue weighted by atomic mass is 9.91. The first-order valence-electron chi connectivity index (χ1n) is 10.4. The number of hydrogen-bond acceptors (Lipinski definition) is 8. The molecule has 3 unspecified atom stereocenters. The van der Waals surface area contributed by atoms with Crippen LogP contribution in [0.25, 0.3) is 0 Å². The van der Waals surface area contributed by atoms with Gasteiger partial charge >= 0.3 is 6.18 Å². The van der Waals surface area contributed by atoms with Gasteiger partial charge in [-0.15, -0.1) is 0 Å². The Morgan fingerprint density at radius 1 is 1.37 bits per heavy atom. The molecule has 0 fully saturated rings. The maximum atomic E-state index is 14.0. The van der Waals surface area contributed by atoms with E-state index >= 15 is 0 Å². The van der Waals surface area contributed by atoms with Crippen LogP contribution >= 0.6 is 11.6 Å². The fourth-order valence-electron chi connectivity index (χ4n) is 3.36. The van der Waals surface area contributed by atoms with Crippen molar-refractivity contribution in [1.82, 2.24) is 10.3 Å². The molecule has 0 aliphatic carbocycles. The number of pyridine rings is 1. The highest BCUT2D eigenvalue weighted by Crippen LogP contribution is 2.44. The minimum atomic E-state index is -5.23. The van der Waals surface area contributed by atoms with Gasteiger partial charge < -0.3 is 35.5 Å². The zero-order valence-corrected chi connectivity index (χ0v) is 19.8. The SMILES string of the molecule is COc1cc(C(=O)NCC(O)(c2cc3c(c(Cl)n2)OCC3(C)N)C(F)(F)F)ccc1OCC(C)O. The van der Waals surface area contributed by atoms with E-state index < -0.39 is 46.7 Å². The predicted octanol–water partition coefficient (Wildman–Crippen LogP) is 2.25. The van der Waals surface area contributed by atoms with Gasteiger partial charge in [-0.05, 0) is 38.1 Å². The normalized spacial score (nSPS) is 19.8. The van der Waals surface area contributed by atoms with Gasteiger partial charge in [-0.25, -0.2) is 4.98 Å². The molecule has 13 heteroatoms. The van der Waals surface area contributed by atoms with Crippen LogP contribution < -0.4 is 25.3 Å². The highest BCUT2D eigenvalue weighted by Gasteiger charge is 2.57. The van der Waals surface area contributed by atoms with E-state index in [1.807, 2.05) is 0 Å². The number of amides is 1. The number of benzene rings is 1. The molecule has 35 heavy (non-hydrogen) atoms. The number of carbonyl (C=O) groups excluding carboxylic acids is 1. The summed E-state index contributed by atoms with van der Waals surface area (Å²) < 4.78 is 58.0. The van der Waals surface area contributed by atoms with Crippen LogP contribution in [0, 0.1) is 0 Å². The number of halogens is 4. The van der Waals surface area contributed by atoms with E-state index in [4.69, 9.17) is 31.5 Å². The number of hydrogen-bond donors (Lipinski definition) is 4. The molecule has 0 spiro atoms. The van der Waals surface area contributed by atoms with Crippen LogP contribution in [0.15, 0.2) is 24.3 Å². The summed E-state index contributed by atoms with van der Waals surface area (Å²) in [5.74, 6) is -0.536. The number of alkyl halides is 3. The van der Waals surface area contributed by atoms with Crippen LogP contribution in [0.1, 0.15) is 35.5 Å². The monoisotopic (exact) mass is 519 g/mol. The molecule has 0 radical (unpaired) electrons. The van der Waals surface area contributed by atoms with Crippen molar-refractivity contribution in [2.45, 2.75) is 37.3 Å². The van der Waals surface area contributed by atoms with Crippen molar-refractivity contribution >= 4 is 17.5 Å². The molecule has 0 saturated heterocycles. The quantitative estimate of drug-likeness (QED) is 0.390. The number of nitrogens with two attached hydrogens (primary N) is 1. The number of methoxy groups -OCH3 is 1. The molecule has 1 aliphatic rings. The lowest BCUT2D eigenvalue weighted by Crippen LogP contribution is -2.51. The van der Waals surface area contributed by atoms with Gasteiger partial charge in [0.2, 0.25) is 5.60 Å². The molecule has 3 atom stereocenters. The van der Waals surface area contributed by atoms with Gasteiger partial charge in [0.15, 0.2) is 22.4 Å². The second kappa shape index (κ2) is 9.69. The smallest absolute Gasteiger partial charge is 0.424 e. The fraction of sp³-hybridized carbons (Fsp3) is 0.455. The molecule has 2 aromatic rings. The van der Waals surface area contributed by atoms with E-state index in [0.717, 1.165) is 6.07 Å². The Kier molecular flexibility index (Phi) is 7.42. The van der Waals surface area contributed by atoms with E-state index in [9.17, 15) is 28.2 Å². The summed E-state index contributed by atoms with van der Waals surface area (Å²) in [5.41, 5.74) is 0.602. The first-order chi connectivity index (χ1) is 16.2. The fourth-order valence-corrected chi connectivity index (χ4v) is 3.61. The van der Waals surface area contributed by atoms with Crippen LogP contribution in [-0.4, -0.2) is 60.3 Å². The number of carbonyl (C=O) groups is 1. The Labute approximate surface area is 203 Å². The largest absolute Gasteiger partial charge is 0.493 e. The maximum absolute atomic E-state index is 14.0. The van der Waals surface area contributed by atoms with Gasteiger partial charge in [0.05, 0.1) is 31.0 Å². The van der Waals surface area contributed by atoms with Crippen LogP contribution in [0.3, 0.4) is 0 Å². The molecular formula is C22H25ClF3N3O6. The van der Waals surface area contributed by atoms with Crippen LogP contribution in [0.5, 0.6) is 17.2 Å². The lowest BCUT2D eigenvalue weighted by Gasteiger charge is -2.31. The van der Waals surface area contributed by atoms with E-state index in [2.05, 4.69) is 10.3 Å². The van der Waals surface area contributed by atoms with Crippen molar-refractivity contribution in [3.05, 3.63) is 46.2 Å². The average molecular weight is 520 g/mol. The van der Waals surface area contributed by atoms with E-state index in [1.165, 1.54) is 39.2 Å². The molecule has 0 saturated carbocycles. The van der Waals surface area contributed by atoms with Gasteiger partial charge in [0.1, 0.15) is 13.2 Å². The zero-order chi connectivity index (χ0) is 26.2. The molecule has 192 valence electrons. The number of fused-ring (bicyclic) bond motifs is 1. The van der Waals surface area contributed by atoms with Crippen molar-refractivity contribution in [2.75, 3.05) is 26.9 Å². The number of rotatable bonds is 8. The number of aliphatic hydroxyl groups excluding tert-OH is 1. The minimum absolute atomic E-state index is 0.0346. The van der Waals surface area contributed by atoms with Crippen molar-refractivity contribution in [3.63, 3.8) is 0 Å². The third kappa shape index (κ3) is 5.40. The standard InChI is InChI=1S/C22H25ClF3N3O6/c1-11(30)8-34-14-5-4-12(6-15(14)33-3)19(31)28-9-21(32,22(24,25)26)16-7-13-17(18(23)29-16)35-10-20(13,2)27/h4-7,11,30,32H,8-10,27H2,1-3H3,(H,28,31). The summed E-state index contributed by atoms with van der Waals surface area (Å²) in [7, 11) is 1.31. The molecule has 1 aromatic heterocycles. The summed E-state index contributed by atoms with van der Waals surface area (Å²) in [6.45, 7) is 1.72. The van der Waals surface area contributed by atoms with E-state index in [1.54, 1.807) is 0 Å². The molecule has 5 N–H and O–H groups in total. The van der Waals surface area contributed by atoms with Crippen LogP contribution in [0.2, 0.25) is 5.15 Å². The average Bonchev–Trinajstić information content (AvgIpc) is 3.09. The maximum Gasteiger partial charge on any atom is 0.424 e. The van der Waals surface area contributed by atoms with E-state index in [-0.39, 0.29) is 41.6 Å². The minimum Gasteiger partial charge on any atom is -0.493 e. The van der Waals surface area contributed by atoms with Crippen molar-refractivity contribution in [2.24, 2.45) is 5.73 Å². The van der Waals surface area contributed by atoms with Gasteiger partial charge in [0, 0.05) is 11.1 Å². The van der Waals surface area contributed by atoms with Gasteiger partial charge in [-0.3, -0.25) is 4.79 Å². The molecule has 2 heterocycles. The Bertz CT molecular complexity index is 1110. The number of aliphatic hydroxyl groups is 2. The Morgan fingerprint density at radius 3 is 2.66 bits per heavy atom. The molecule has 1 aliphatic heterocycles. The topological polar surface area (TPSA) is 136 Å². The Hall–Kier alpha value is -2.80. The highest BCUT2D eigenvalue weighted by atomic mass is 35.5. The molecular weight excluding hydrogens is 495 g/mol. The first kappa shape index (κ1) is 26.8.